The third-order valence-corrected chi connectivity index (χ3v) is 2.66. The molecule has 1 rings (SSSR count). The van der Waals surface area contributed by atoms with Gasteiger partial charge in [0.15, 0.2) is 0 Å². The van der Waals surface area contributed by atoms with E-state index in [2.05, 4.69) is 20.9 Å². The summed E-state index contributed by atoms with van der Waals surface area (Å²) in [6.07, 6.45) is 2.69. The fourth-order valence-electron chi connectivity index (χ4n) is 1.54. The van der Waals surface area contributed by atoms with Crippen LogP contribution in [0.1, 0.15) is 12.0 Å². The molecule has 0 saturated carbocycles. The van der Waals surface area contributed by atoms with Gasteiger partial charge in [-0.3, -0.25) is 4.79 Å². The van der Waals surface area contributed by atoms with E-state index in [4.69, 9.17) is 4.74 Å². The molecular formula is C14H26Cl2N4O2. The summed E-state index contributed by atoms with van der Waals surface area (Å²) in [7, 11) is 1.64. The van der Waals surface area contributed by atoms with E-state index in [9.17, 15) is 4.79 Å². The predicted octanol–water partition coefficient (Wildman–Crippen LogP) is 1.39. The molecule has 128 valence electrons. The lowest BCUT2D eigenvalue weighted by Crippen LogP contribution is -2.36. The van der Waals surface area contributed by atoms with Gasteiger partial charge >= 0.3 is 0 Å². The molecule has 0 aliphatic carbocycles. The Morgan fingerprint density at radius 2 is 2.00 bits per heavy atom. The number of amides is 1. The largest absolute Gasteiger partial charge is 0.383 e. The van der Waals surface area contributed by atoms with E-state index in [0.717, 1.165) is 24.3 Å². The van der Waals surface area contributed by atoms with E-state index in [1.165, 1.54) is 0 Å². The number of aromatic nitrogens is 1. The van der Waals surface area contributed by atoms with E-state index in [0.29, 0.717) is 26.2 Å². The number of anilines is 1. The number of carbonyl (C=O) groups excluding carboxylic acids is 1. The Morgan fingerprint density at radius 3 is 2.64 bits per heavy atom. The number of pyridine rings is 1. The van der Waals surface area contributed by atoms with E-state index in [1.807, 2.05) is 25.3 Å². The molecule has 1 aromatic heterocycles. The first kappa shape index (κ1) is 23.2. The van der Waals surface area contributed by atoms with Crippen molar-refractivity contribution in [2.45, 2.75) is 13.3 Å². The molecule has 0 unspecified atom stereocenters. The Hall–Kier alpha value is -1.08. The lowest BCUT2D eigenvalue weighted by Gasteiger charge is -2.08. The van der Waals surface area contributed by atoms with Crippen molar-refractivity contribution in [3.8, 4) is 0 Å². The maximum absolute atomic E-state index is 11.4. The fourth-order valence-corrected chi connectivity index (χ4v) is 1.54. The van der Waals surface area contributed by atoms with Gasteiger partial charge in [-0.25, -0.2) is 4.98 Å². The topological polar surface area (TPSA) is 75.3 Å². The Balaban J connectivity index is 0. The molecule has 0 fully saturated rings. The van der Waals surface area contributed by atoms with Crippen LogP contribution in [0.2, 0.25) is 0 Å². The van der Waals surface area contributed by atoms with Gasteiger partial charge in [-0.15, -0.1) is 24.8 Å². The van der Waals surface area contributed by atoms with Crippen LogP contribution in [-0.2, 0) is 9.53 Å². The molecule has 0 bridgehead atoms. The molecule has 0 aromatic carbocycles. The average molecular weight is 353 g/mol. The van der Waals surface area contributed by atoms with Crippen molar-refractivity contribution in [1.82, 2.24) is 15.6 Å². The molecule has 0 saturated heterocycles. The van der Waals surface area contributed by atoms with Crippen LogP contribution in [0, 0.1) is 6.92 Å². The van der Waals surface area contributed by atoms with Crippen LogP contribution in [0.25, 0.3) is 0 Å². The van der Waals surface area contributed by atoms with Gasteiger partial charge in [0, 0.05) is 32.9 Å². The zero-order chi connectivity index (χ0) is 14.6. The van der Waals surface area contributed by atoms with Gasteiger partial charge in [0.2, 0.25) is 5.91 Å². The summed E-state index contributed by atoms with van der Waals surface area (Å²) in [6.45, 7) is 5.08. The highest BCUT2D eigenvalue weighted by Crippen LogP contribution is 2.03. The van der Waals surface area contributed by atoms with Crippen LogP contribution in [0.3, 0.4) is 0 Å². The maximum Gasteiger partial charge on any atom is 0.233 e. The number of halogens is 2. The number of nitrogens with zero attached hydrogens (tertiary/aromatic N) is 1. The van der Waals surface area contributed by atoms with Crippen LogP contribution < -0.4 is 16.0 Å². The van der Waals surface area contributed by atoms with Crippen LogP contribution in [-0.4, -0.2) is 50.8 Å². The fraction of sp³-hybridized carbons (Fsp3) is 0.571. The minimum absolute atomic E-state index is 0. The smallest absolute Gasteiger partial charge is 0.233 e. The third kappa shape index (κ3) is 11.6. The number of aryl methyl sites for hydroxylation is 1. The standard InChI is InChI=1S/C14H24N4O2.2ClH/c1-12-4-5-13(18-10-12)16-6-3-7-17-14(19)11-15-8-9-20-2;;/h4-5,10,15H,3,6-9,11H2,1-2H3,(H,16,18)(H,17,19);2*1H. The second kappa shape index (κ2) is 14.8. The number of nitrogens with one attached hydrogen (secondary N) is 3. The first-order valence-electron chi connectivity index (χ1n) is 6.85. The lowest BCUT2D eigenvalue weighted by atomic mass is 10.3. The SMILES string of the molecule is COCCNCC(=O)NCCCNc1ccc(C)cn1.Cl.Cl. The summed E-state index contributed by atoms with van der Waals surface area (Å²) in [5.41, 5.74) is 1.14. The molecule has 0 aliphatic heterocycles. The molecule has 0 aliphatic rings. The zero-order valence-corrected chi connectivity index (χ0v) is 14.7. The van der Waals surface area contributed by atoms with Crippen molar-refractivity contribution in [1.29, 1.82) is 0 Å². The van der Waals surface area contributed by atoms with Crippen LogP contribution in [0.4, 0.5) is 5.82 Å². The molecule has 6 nitrogen and oxygen atoms in total. The summed E-state index contributed by atoms with van der Waals surface area (Å²) < 4.78 is 4.88. The molecule has 0 atom stereocenters. The summed E-state index contributed by atoms with van der Waals surface area (Å²) in [6, 6.07) is 3.97. The molecule has 8 heteroatoms. The lowest BCUT2D eigenvalue weighted by molar-refractivity contribution is -0.120. The highest BCUT2D eigenvalue weighted by Gasteiger charge is 1.99. The first-order chi connectivity index (χ1) is 9.72. The first-order valence-corrected chi connectivity index (χ1v) is 6.85. The van der Waals surface area contributed by atoms with Gasteiger partial charge in [0.1, 0.15) is 5.82 Å². The minimum Gasteiger partial charge on any atom is -0.383 e. The van der Waals surface area contributed by atoms with Crippen LogP contribution >= 0.6 is 24.8 Å². The van der Waals surface area contributed by atoms with E-state index >= 15 is 0 Å². The van der Waals surface area contributed by atoms with Gasteiger partial charge in [0.05, 0.1) is 13.2 Å². The highest BCUT2D eigenvalue weighted by atomic mass is 35.5. The summed E-state index contributed by atoms with van der Waals surface area (Å²) >= 11 is 0. The van der Waals surface area contributed by atoms with Crippen molar-refractivity contribution < 1.29 is 9.53 Å². The second-order valence-corrected chi connectivity index (χ2v) is 4.52. The van der Waals surface area contributed by atoms with Gasteiger partial charge < -0.3 is 20.7 Å². The second-order valence-electron chi connectivity index (χ2n) is 4.52. The molecule has 0 radical (unpaired) electrons. The van der Waals surface area contributed by atoms with Crippen LogP contribution in [0.5, 0.6) is 0 Å². The van der Waals surface area contributed by atoms with Gasteiger partial charge in [-0.2, -0.15) is 0 Å². The van der Waals surface area contributed by atoms with Gasteiger partial charge in [-0.1, -0.05) is 6.07 Å². The Labute approximate surface area is 144 Å². The summed E-state index contributed by atoms with van der Waals surface area (Å²) in [5.74, 6) is 0.873. The molecular weight excluding hydrogens is 327 g/mol. The highest BCUT2D eigenvalue weighted by molar-refractivity contribution is 5.85. The molecule has 0 spiro atoms. The van der Waals surface area contributed by atoms with E-state index in [-0.39, 0.29) is 30.7 Å². The number of rotatable bonds is 10. The number of methoxy groups -OCH3 is 1. The van der Waals surface area contributed by atoms with Crippen LogP contribution in [0.15, 0.2) is 18.3 Å². The van der Waals surface area contributed by atoms with Crippen molar-refractivity contribution in [2.24, 2.45) is 0 Å². The molecule has 22 heavy (non-hydrogen) atoms. The zero-order valence-electron chi connectivity index (χ0n) is 13.1. The Bertz CT molecular complexity index is 391. The van der Waals surface area contributed by atoms with Gasteiger partial charge in [-0.05, 0) is 25.0 Å². The monoisotopic (exact) mass is 352 g/mol. The van der Waals surface area contributed by atoms with Crippen molar-refractivity contribution in [3.05, 3.63) is 23.9 Å². The van der Waals surface area contributed by atoms with Crippen molar-refractivity contribution in [2.75, 3.05) is 45.2 Å². The number of hydrogen-bond acceptors (Lipinski definition) is 5. The van der Waals surface area contributed by atoms with Gasteiger partial charge in [0.25, 0.3) is 0 Å². The number of ether oxygens (including phenoxy) is 1. The maximum atomic E-state index is 11.4. The molecule has 3 N–H and O–H groups in total. The minimum atomic E-state index is 0. The van der Waals surface area contributed by atoms with Crippen molar-refractivity contribution in [3.63, 3.8) is 0 Å². The molecule has 1 amide bonds. The summed E-state index contributed by atoms with van der Waals surface area (Å²) in [4.78, 5) is 15.7. The van der Waals surface area contributed by atoms with E-state index < -0.39 is 0 Å². The Morgan fingerprint density at radius 1 is 1.23 bits per heavy atom. The quantitative estimate of drug-likeness (QED) is 0.555. The van der Waals surface area contributed by atoms with E-state index in [1.54, 1.807) is 7.11 Å². The molecule has 1 aromatic rings. The Kier molecular flexibility index (Phi) is 15.6. The number of carbonyl (C=O) groups is 1. The van der Waals surface area contributed by atoms with Crippen molar-refractivity contribution >= 4 is 36.5 Å². The summed E-state index contributed by atoms with van der Waals surface area (Å²) in [5, 5.41) is 9.06. The predicted molar refractivity (Wildman–Crippen MR) is 94.3 cm³/mol. The number of hydrogen-bond donors (Lipinski definition) is 3. The normalized spacial score (nSPS) is 9.36. The third-order valence-electron chi connectivity index (χ3n) is 2.66. The average Bonchev–Trinajstić information content (AvgIpc) is 2.45. The molecule has 1 heterocycles.